The molecule has 0 unspecified atom stereocenters. The maximum Gasteiger partial charge on any atom is 0.246 e. The fourth-order valence-electron chi connectivity index (χ4n) is 4.17. The molecule has 36 heavy (non-hydrogen) atoms. The monoisotopic (exact) mass is 492 g/mol. The van der Waals surface area contributed by atoms with Gasteiger partial charge in [-0.2, -0.15) is 0 Å². The highest BCUT2D eigenvalue weighted by Gasteiger charge is 2.21. The molecule has 1 aliphatic heterocycles. The molecular formula is C29H30F2N2O3. The largest absolute Gasteiger partial charge is 0.497 e. The van der Waals surface area contributed by atoms with Gasteiger partial charge in [0.2, 0.25) is 5.91 Å². The van der Waals surface area contributed by atoms with E-state index in [4.69, 9.17) is 9.47 Å². The van der Waals surface area contributed by atoms with Gasteiger partial charge in [0, 0.05) is 38.8 Å². The first-order valence-electron chi connectivity index (χ1n) is 12.0. The number of benzene rings is 3. The molecule has 0 spiro atoms. The zero-order chi connectivity index (χ0) is 25.3. The summed E-state index contributed by atoms with van der Waals surface area (Å²) in [6.07, 6.45) is 2.98. The molecule has 0 aliphatic carbocycles. The average Bonchev–Trinajstić information content (AvgIpc) is 2.91. The van der Waals surface area contributed by atoms with Crippen molar-refractivity contribution in [2.75, 3.05) is 46.4 Å². The van der Waals surface area contributed by atoms with Crippen LogP contribution in [0.3, 0.4) is 0 Å². The van der Waals surface area contributed by atoms with Crippen molar-refractivity contribution in [2.24, 2.45) is 0 Å². The molecule has 3 aromatic carbocycles. The number of rotatable bonds is 9. The molecule has 0 radical (unpaired) electrons. The highest BCUT2D eigenvalue weighted by atomic mass is 19.1. The van der Waals surface area contributed by atoms with E-state index in [0.717, 1.165) is 35.5 Å². The van der Waals surface area contributed by atoms with Crippen LogP contribution in [0.1, 0.15) is 22.8 Å². The van der Waals surface area contributed by atoms with E-state index in [2.05, 4.69) is 4.90 Å². The lowest BCUT2D eigenvalue weighted by Gasteiger charge is -2.34. The maximum absolute atomic E-state index is 13.4. The molecule has 1 amide bonds. The quantitative estimate of drug-likeness (QED) is 0.397. The van der Waals surface area contributed by atoms with Crippen molar-refractivity contribution in [3.05, 3.63) is 107 Å². The van der Waals surface area contributed by atoms with Gasteiger partial charge in [0.15, 0.2) is 0 Å². The van der Waals surface area contributed by atoms with Crippen molar-refractivity contribution in [1.29, 1.82) is 0 Å². The van der Waals surface area contributed by atoms with E-state index in [0.29, 0.717) is 26.2 Å². The molecular weight excluding hydrogens is 462 g/mol. The summed E-state index contributed by atoms with van der Waals surface area (Å²) in [4.78, 5) is 16.7. The SMILES string of the molecule is COc1cccc(/C=C/C(=O)N2CCN(CCOC(c3ccc(F)cc3)c3ccc(F)cc3)CC2)c1. The second-order valence-corrected chi connectivity index (χ2v) is 8.63. The first kappa shape index (κ1) is 25.5. The summed E-state index contributed by atoms with van der Waals surface area (Å²) < 4.78 is 38.3. The van der Waals surface area contributed by atoms with Gasteiger partial charge in [0.05, 0.1) is 13.7 Å². The molecule has 188 valence electrons. The molecule has 1 saturated heterocycles. The highest BCUT2D eigenvalue weighted by molar-refractivity contribution is 5.91. The Bertz CT molecular complexity index is 1110. The number of halogens is 2. The summed E-state index contributed by atoms with van der Waals surface area (Å²) in [7, 11) is 1.62. The summed E-state index contributed by atoms with van der Waals surface area (Å²) in [5, 5.41) is 0. The molecule has 1 aliphatic rings. The van der Waals surface area contributed by atoms with Crippen LogP contribution in [0.5, 0.6) is 5.75 Å². The van der Waals surface area contributed by atoms with E-state index < -0.39 is 6.10 Å². The first-order chi connectivity index (χ1) is 17.5. The Morgan fingerprint density at radius 2 is 1.53 bits per heavy atom. The summed E-state index contributed by atoms with van der Waals surface area (Å²) in [6.45, 7) is 3.92. The lowest BCUT2D eigenvalue weighted by molar-refractivity contribution is -0.127. The van der Waals surface area contributed by atoms with Crippen LogP contribution < -0.4 is 4.74 Å². The van der Waals surface area contributed by atoms with E-state index in [-0.39, 0.29) is 17.5 Å². The maximum atomic E-state index is 13.4. The topological polar surface area (TPSA) is 42.0 Å². The Morgan fingerprint density at radius 3 is 2.11 bits per heavy atom. The zero-order valence-corrected chi connectivity index (χ0v) is 20.3. The molecule has 5 nitrogen and oxygen atoms in total. The van der Waals surface area contributed by atoms with Gasteiger partial charge in [0.1, 0.15) is 23.5 Å². The van der Waals surface area contributed by atoms with Crippen molar-refractivity contribution < 1.29 is 23.0 Å². The van der Waals surface area contributed by atoms with Gasteiger partial charge >= 0.3 is 0 Å². The average molecular weight is 493 g/mol. The molecule has 0 saturated carbocycles. The van der Waals surface area contributed by atoms with Crippen LogP contribution in [0.2, 0.25) is 0 Å². The minimum Gasteiger partial charge on any atom is -0.497 e. The summed E-state index contributed by atoms with van der Waals surface area (Å²) in [5.41, 5.74) is 2.53. The minimum absolute atomic E-state index is 0.0126. The van der Waals surface area contributed by atoms with Crippen molar-refractivity contribution in [3.8, 4) is 5.75 Å². The molecule has 0 aromatic heterocycles. The van der Waals surface area contributed by atoms with Gasteiger partial charge < -0.3 is 14.4 Å². The van der Waals surface area contributed by atoms with Crippen LogP contribution in [-0.4, -0.2) is 62.1 Å². The fourth-order valence-corrected chi connectivity index (χ4v) is 4.17. The Morgan fingerprint density at radius 1 is 0.917 bits per heavy atom. The van der Waals surface area contributed by atoms with E-state index in [9.17, 15) is 13.6 Å². The minimum atomic E-state index is -0.421. The molecule has 0 atom stereocenters. The number of carbonyl (C=O) groups excluding carboxylic acids is 1. The normalized spacial score (nSPS) is 14.5. The zero-order valence-electron chi connectivity index (χ0n) is 20.3. The first-order valence-corrected chi connectivity index (χ1v) is 12.0. The number of carbonyl (C=O) groups is 1. The third-order valence-corrected chi connectivity index (χ3v) is 6.23. The fraction of sp³-hybridized carbons (Fsp3) is 0.276. The van der Waals surface area contributed by atoms with Crippen LogP contribution in [0.15, 0.2) is 78.9 Å². The predicted molar refractivity (Wildman–Crippen MR) is 136 cm³/mol. The van der Waals surface area contributed by atoms with Crippen LogP contribution >= 0.6 is 0 Å². The van der Waals surface area contributed by atoms with Crippen LogP contribution in [0.25, 0.3) is 6.08 Å². The number of ether oxygens (including phenoxy) is 2. The van der Waals surface area contributed by atoms with Crippen LogP contribution in [-0.2, 0) is 9.53 Å². The highest BCUT2D eigenvalue weighted by Crippen LogP contribution is 2.26. The third-order valence-electron chi connectivity index (χ3n) is 6.23. The van der Waals surface area contributed by atoms with Crippen LogP contribution in [0.4, 0.5) is 8.78 Å². The molecule has 0 bridgehead atoms. The van der Waals surface area contributed by atoms with Crippen molar-refractivity contribution in [2.45, 2.75) is 6.10 Å². The molecule has 7 heteroatoms. The van der Waals surface area contributed by atoms with Gasteiger partial charge in [-0.3, -0.25) is 9.69 Å². The summed E-state index contributed by atoms with van der Waals surface area (Å²) >= 11 is 0. The van der Waals surface area contributed by atoms with Gasteiger partial charge in [-0.05, 0) is 59.2 Å². The van der Waals surface area contributed by atoms with Crippen molar-refractivity contribution in [1.82, 2.24) is 9.80 Å². The predicted octanol–water partition coefficient (Wildman–Crippen LogP) is 4.94. The van der Waals surface area contributed by atoms with Gasteiger partial charge in [-0.15, -0.1) is 0 Å². The summed E-state index contributed by atoms with van der Waals surface area (Å²) in [5.74, 6) is 0.104. The second kappa shape index (κ2) is 12.4. The third kappa shape index (κ3) is 6.99. The Kier molecular flexibility index (Phi) is 8.81. The van der Waals surface area contributed by atoms with Gasteiger partial charge in [0.25, 0.3) is 0 Å². The molecule has 1 fully saturated rings. The number of nitrogens with zero attached hydrogens (tertiary/aromatic N) is 2. The number of methoxy groups -OCH3 is 1. The smallest absolute Gasteiger partial charge is 0.246 e. The Hall–Kier alpha value is -3.55. The van der Waals surface area contributed by atoms with Gasteiger partial charge in [-0.25, -0.2) is 8.78 Å². The van der Waals surface area contributed by atoms with E-state index in [1.165, 1.54) is 24.3 Å². The van der Waals surface area contributed by atoms with E-state index in [1.54, 1.807) is 43.5 Å². The molecule has 3 aromatic rings. The van der Waals surface area contributed by atoms with Crippen LogP contribution in [0, 0.1) is 11.6 Å². The number of hydrogen-bond donors (Lipinski definition) is 0. The number of amides is 1. The summed E-state index contributed by atoms with van der Waals surface area (Å²) in [6, 6.07) is 19.9. The number of hydrogen-bond acceptors (Lipinski definition) is 4. The Balaban J connectivity index is 1.27. The van der Waals surface area contributed by atoms with Crippen molar-refractivity contribution in [3.63, 3.8) is 0 Å². The lowest BCUT2D eigenvalue weighted by atomic mass is 10.0. The van der Waals surface area contributed by atoms with Gasteiger partial charge in [-0.1, -0.05) is 36.4 Å². The second-order valence-electron chi connectivity index (χ2n) is 8.63. The molecule has 4 rings (SSSR count). The van der Waals surface area contributed by atoms with Crippen molar-refractivity contribution >= 4 is 12.0 Å². The van der Waals surface area contributed by atoms with E-state index >= 15 is 0 Å². The lowest BCUT2D eigenvalue weighted by Crippen LogP contribution is -2.49. The Labute approximate surface area is 210 Å². The number of piperazine rings is 1. The standard InChI is InChI=1S/C29H30F2N2O3/c1-35-27-4-2-3-22(21-27)5-14-28(34)33-17-15-32(16-18-33)19-20-36-29(23-6-10-25(30)11-7-23)24-8-12-26(31)13-9-24/h2-14,21,29H,15-20H2,1H3/b14-5+. The molecule has 1 heterocycles. The molecule has 0 N–H and O–H groups in total. The van der Waals surface area contributed by atoms with E-state index in [1.807, 2.05) is 29.2 Å².